The van der Waals surface area contributed by atoms with E-state index in [1.165, 1.54) is 22.9 Å². The minimum absolute atomic E-state index is 0.0553. The highest BCUT2D eigenvalue weighted by Gasteiger charge is 2.30. The van der Waals surface area contributed by atoms with Gasteiger partial charge in [-0.25, -0.2) is 13.2 Å². The normalized spacial score (nSPS) is 13.7. The van der Waals surface area contributed by atoms with Crippen LogP contribution in [0.15, 0.2) is 18.2 Å². The van der Waals surface area contributed by atoms with Crippen LogP contribution in [0.1, 0.15) is 44.2 Å². The van der Waals surface area contributed by atoms with Gasteiger partial charge in [-0.15, -0.1) is 0 Å². The van der Waals surface area contributed by atoms with Gasteiger partial charge < -0.3 is 19.9 Å². The summed E-state index contributed by atoms with van der Waals surface area (Å²) in [5.74, 6) is -1.66. The predicted molar refractivity (Wildman–Crippen MR) is 104 cm³/mol. The molecule has 0 radical (unpaired) electrons. The zero-order valence-electron chi connectivity index (χ0n) is 16.6. The zero-order valence-corrected chi connectivity index (χ0v) is 16.6. The third-order valence-electron chi connectivity index (χ3n) is 5.41. The summed E-state index contributed by atoms with van der Waals surface area (Å²) in [6.45, 7) is 0.381. The molecule has 0 spiro atoms. The lowest BCUT2D eigenvalue weighted by Gasteiger charge is -2.27. The van der Waals surface area contributed by atoms with Gasteiger partial charge in [0.2, 0.25) is 0 Å². The fourth-order valence-electron chi connectivity index (χ4n) is 3.77. The number of amides is 2. The van der Waals surface area contributed by atoms with Crippen LogP contribution >= 0.6 is 0 Å². The number of carbonyl (C=O) groups excluding carboxylic acids is 2. The Morgan fingerprint density at radius 2 is 2.10 bits per heavy atom. The molecule has 11 heteroatoms. The first-order valence-electron chi connectivity index (χ1n) is 9.62. The van der Waals surface area contributed by atoms with Gasteiger partial charge >= 0.3 is 0 Å². The van der Waals surface area contributed by atoms with Gasteiger partial charge in [0, 0.05) is 54.3 Å². The van der Waals surface area contributed by atoms with E-state index in [0.29, 0.717) is 18.5 Å². The molecule has 2 amide bonds. The standard InChI is InChI=1S/C20H20F3N5O3/c1-27(4-5-29)20(31)17-13-9-28(3-2-14(13)25-26-17)19(30)16-8-11-12(18(22)23)6-10(21)7-15(11)24-16/h6-8,18,24,29H,2-5,9H2,1H3,(H,25,26). The summed E-state index contributed by atoms with van der Waals surface area (Å²) in [7, 11) is 1.54. The number of H-pyrrole nitrogens is 2. The maximum atomic E-state index is 13.7. The van der Waals surface area contributed by atoms with Crippen molar-refractivity contribution >= 4 is 22.7 Å². The van der Waals surface area contributed by atoms with Crippen molar-refractivity contribution in [1.82, 2.24) is 25.0 Å². The largest absolute Gasteiger partial charge is 0.395 e. The first-order valence-corrected chi connectivity index (χ1v) is 9.62. The highest BCUT2D eigenvalue weighted by Crippen LogP contribution is 2.30. The van der Waals surface area contributed by atoms with Crippen LogP contribution in [0.2, 0.25) is 0 Å². The first kappa shape index (κ1) is 20.9. The molecular formula is C20H20F3N5O3. The van der Waals surface area contributed by atoms with Crippen LogP contribution in [0.3, 0.4) is 0 Å². The number of aliphatic hydroxyl groups is 1. The van der Waals surface area contributed by atoms with E-state index in [9.17, 15) is 22.8 Å². The molecule has 164 valence electrons. The average molecular weight is 435 g/mol. The summed E-state index contributed by atoms with van der Waals surface area (Å²) in [6.07, 6.45) is -2.45. The van der Waals surface area contributed by atoms with Crippen molar-refractivity contribution < 1.29 is 27.9 Å². The number of alkyl halides is 2. The Balaban J connectivity index is 1.62. The molecule has 3 N–H and O–H groups in total. The number of fused-ring (bicyclic) bond motifs is 2. The van der Waals surface area contributed by atoms with Gasteiger partial charge in [0.05, 0.1) is 13.2 Å². The van der Waals surface area contributed by atoms with Crippen molar-refractivity contribution in [2.24, 2.45) is 0 Å². The van der Waals surface area contributed by atoms with Crippen LogP contribution in [0.25, 0.3) is 10.9 Å². The molecule has 1 aromatic carbocycles. The van der Waals surface area contributed by atoms with Crippen LogP contribution in [0, 0.1) is 5.82 Å². The van der Waals surface area contributed by atoms with E-state index in [0.717, 1.165) is 17.8 Å². The summed E-state index contributed by atoms with van der Waals surface area (Å²) in [5.41, 5.74) is 1.16. The van der Waals surface area contributed by atoms with Crippen LogP contribution in [-0.2, 0) is 13.0 Å². The molecular weight excluding hydrogens is 415 g/mol. The Bertz CT molecular complexity index is 1160. The summed E-state index contributed by atoms with van der Waals surface area (Å²) in [6, 6.07) is 3.12. The molecule has 0 unspecified atom stereocenters. The highest BCUT2D eigenvalue weighted by atomic mass is 19.3. The first-order chi connectivity index (χ1) is 14.8. The fraction of sp³-hybridized carbons (Fsp3) is 0.350. The molecule has 3 aromatic rings. The smallest absolute Gasteiger partial charge is 0.274 e. The molecule has 3 heterocycles. The number of likely N-dealkylation sites (N-methyl/N-ethyl adjacent to an activating group) is 1. The third kappa shape index (κ3) is 3.76. The minimum atomic E-state index is -2.88. The van der Waals surface area contributed by atoms with Gasteiger partial charge in [-0.3, -0.25) is 14.7 Å². The molecule has 0 fully saturated rings. The van der Waals surface area contributed by atoms with E-state index in [4.69, 9.17) is 5.11 Å². The second kappa shape index (κ2) is 8.06. The number of hydrogen-bond donors (Lipinski definition) is 3. The van der Waals surface area contributed by atoms with Crippen LogP contribution in [0.5, 0.6) is 0 Å². The van der Waals surface area contributed by atoms with Gasteiger partial charge in [-0.05, 0) is 18.2 Å². The van der Waals surface area contributed by atoms with Crippen LogP contribution < -0.4 is 0 Å². The number of halogens is 3. The van der Waals surface area contributed by atoms with Crippen molar-refractivity contribution in [2.75, 3.05) is 26.7 Å². The number of aromatic amines is 2. The molecule has 4 rings (SSSR count). The van der Waals surface area contributed by atoms with Gasteiger partial charge in [0.1, 0.15) is 11.5 Å². The zero-order chi connectivity index (χ0) is 22.3. The number of aliphatic hydroxyl groups excluding tert-OH is 1. The quantitative estimate of drug-likeness (QED) is 0.572. The molecule has 0 saturated carbocycles. The maximum Gasteiger partial charge on any atom is 0.274 e. The number of benzene rings is 1. The number of aromatic nitrogens is 3. The number of carbonyl (C=O) groups is 2. The van der Waals surface area contributed by atoms with E-state index >= 15 is 0 Å². The van der Waals surface area contributed by atoms with Gasteiger partial charge in [0.25, 0.3) is 18.2 Å². The number of nitrogens with zero attached hydrogens (tertiary/aromatic N) is 3. The van der Waals surface area contributed by atoms with Crippen molar-refractivity contribution in [1.29, 1.82) is 0 Å². The van der Waals surface area contributed by atoms with Crippen molar-refractivity contribution in [3.63, 3.8) is 0 Å². The molecule has 2 aromatic heterocycles. The molecule has 1 aliphatic rings. The Kier molecular flexibility index (Phi) is 5.44. The number of hydrogen-bond acceptors (Lipinski definition) is 4. The Labute approximate surface area is 174 Å². The van der Waals surface area contributed by atoms with E-state index in [1.807, 2.05) is 0 Å². The molecule has 0 bridgehead atoms. The van der Waals surface area contributed by atoms with E-state index in [1.54, 1.807) is 0 Å². The average Bonchev–Trinajstić information content (AvgIpc) is 3.35. The summed E-state index contributed by atoms with van der Waals surface area (Å²) >= 11 is 0. The molecule has 0 saturated heterocycles. The number of rotatable bonds is 5. The lowest BCUT2D eigenvalue weighted by molar-refractivity contribution is 0.0714. The molecule has 8 nitrogen and oxygen atoms in total. The molecule has 0 atom stereocenters. The predicted octanol–water partition coefficient (Wildman–Crippen LogP) is 2.23. The number of nitrogens with one attached hydrogen (secondary N) is 2. The summed E-state index contributed by atoms with van der Waals surface area (Å²) in [4.78, 5) is 31.2. The summed E-state index contributed by atoms with van der Waals surface area (Å²) < 4.78 is 40.2. The Hall–Kier alpha value is -3.34. The second-order valence-electron chi connectivity index (χ2n) is 7.40. The van der Waals surface area contributed by atoms with Crippen LogP contribution in [-0.4, -0.2) is 68.6 Å². The topological polar surface area (TPSA) is 105 Å². The highest BCUT2D eigenvalue weighted by molar-refractivity contribution is 5.99. The monoisotopic (exact) mass is 435 g/mol. The minimum Gasteiger partial charge on any atom is -0.395 e. The lowest BCUT2D eigenvalue weighted by atomic mass is 10.0. The second-order valence-corrected chi connectivity index (χ2v) is 7.40. The van der Waals surface area contributed by atoms with E-state index in [-0.39, 0.29) is 47.9 Å². The Morgan fingerprint density at radius 3 is 2.81 bits per heavy atom. The van der Waals surface area contributed by atoms with Crippen molar-refractivity contribution in [3.05, 3.63) is 52.2 Å². The van der Waals surface area contributed by atoms with E-state index in [2.05, 4.69) is 15.2 Å². The van der Waals surface area contributed by atoms with Gasteiger partial charge in [0.15, 0.2) is 5.69 Å². The SMILES string of the molecule is CN(CCO)C(=O)c1n[nH]c2c1CN(C(=O)c1cc3c(C(F)F)cc(F)cc3[nH]1)CC2. The third-order valence-corrected chi connectivity index (χ3v) is 5.41. The summed E-state index contributed by atoms with van der Waals surface area (Å²) in [5, 5.41) is 16.0. The maximum absolute atomic E-state index is 13.7. The Morgan fingerprint density at radius 1 is 1.32 bits per heavy atom. The molecule has 0 aliphatic carbocycles. The lowest BCUT2D eigenvalue weighted by Crippen LogP contribution is -2.37. The van der Waals surface area contributed by atoms with Crippen molar-refractivity contribution in [2.45, 2.75) is 19.4 Å². The van der Waals surface area contributed by atoms with E-state index < -0.39 is 23.7 Å². The van der Waals surface area contributed by atoms with Crippen LogP contribution in [0.4, 0.5) is 13.2 Å². The van der Waals surface area contributed by atoms with Gasteiger partial charge in [-0.1, -0.05) is 0 Å². The van der Waals surface area contributed by atoms with Crippen molar-refractivity contribution in [3.8, 4) is 0 Å². The molecule has 1 aliphatic heterocycles. The van der Waals surface area contributed by atoms with Gasteiger partial charge in [-0.2, -0.15) is 5.10 Å². The fourth-order valence-corrected chi connectivity index (χ4v) is 3.77. The molecule has 31 heavy (non-hydrogen) atoms.